The van der Waals surface area contributed by atoms with Crippen LogP contribution in [0.5, 0.6) is 0 Å². The molecule has 1 aromatic heterocycles. The average Bonchev–Trinajstić information content (AvgIpc) is 2.92. The van der Waals surface area contributed by atoms with E-state index in [-0.39, 0.29) is 12.5 Å². The minimum absolute atomic E-state index is 0.241. The van der Waals surface area contributed by atoms with Gasteiger partial charge in [0.15, 0.2) is 5.69 Å². The van der Waals surface area contributed by atoms with Crippen molar-refractivity contribution in [3.05, 3.63) is 17.8 Å². The summed E-state index contributed by atoms with van der Waals surface area (Å²) in [7, 11) is 1.56. The number of hydrogen-bond donors (Lipinski definition) is 3. The Balaban J connectivity index is 1.88. The average molecular weight is 264 g/mol. The third-order valence-corrected chi connectivity index (χ3v) is 3.72. The Kier molecular flexibility index (Phi) is 4.68. The second kappa shape index (κ2) is 6.47. The molecule has 1 aliphatic rings. The van der Waals surface area contributed by atoms with Crippen LogP contribution >= 0.6 is 0 Å². The lowest BCUT2D eigenvalue weighted by molar-refractivity contribution is 0.0957. The van der Waals surface area contributed by atoms with Gasteiger partial charge in [-0.1, -0.05) is 6.42 Å². The molecule has 1 aromatic rings. The van der Waals surface area contributed by atoms with Crippen LogP contribution in [0.3, 0.4) is 0 Å². The zero-order chi connectivity index (χ0) is 13.7. The van der Waals surface area contributed by atoms with E-state index in [0.29, 0.717) is 23.3 Å². The van der Waals surface area contributed by atoms with Crippen LogP contribution in [-0.4, -0.2) is 41.4 Å². The van der Waals surface area contributed by atoms with Crippen LogP contribution in [-0.2, 0) is 0 Å². The SMILES string of the molecule is CNC(=O)c1ccc(NCC2CCCC2CO)nn1. The summed E-state index contributed by atoms with van der Waals surface area (Å²) in [5.41, 5.74) is 0.308. The Labute approximate surface area is 112 Å². The van der Waals surface area contributed by atoms with E-state index in [1.54, 1.807) is 19.2 Å². The number of amides is 1. The largest absolute Gasteiger partial charge is 0.396 e. The quantitative estimate of drug-likeness (QED) is 0.727. The van der Waals surface area contributed by atoms with Crippen LogP contribution in [0.25, 0.3) is 0 Å². The molecule has 2 atom stereocenters. The second-order valence-electron chi connectivity index (χ2n) is 4.90. The van der Waals surface area contributed by atoms with E-state index in [1.807, 2.05) is 0 Å². The van der Waals surface area contributed by atoms with Crippen molar-refractivity contribution in [2.75, 3.05) is 25.5 Å². The number of nitrogens with zero attached hydrogens (tertiary/aromatic N) is 2. The summed E-state index contributed by atoms with van der Waals surface area (Å²) >= 11 is 0. The highest BCUT2D eigenvalue weighted by molar-refractivity contribution is 5.91. The second-order valence-corrected chi connectivity index (χ2v) is 4.90. The zero-order valence-electron chi connectivity index (χ0n) is 11.1. The standard InChI is InChI=1S/C13H20N4O2/c1-14-13(19)11-5-6-12(17-16-11)15-7-9-3-2-4-10(9)8-18/h5-6,9-10,18H,2-4,7-8H2,1H3,(H,14,19)(H,15,17). The van der Waals surface area contributed by atoms with E-state index < -0.39 is 0 Å². The van der Waals surface area contributed by atoms with Gasteiger partial charge in [-0.05, 0) is 36.8 Å². The van der Waals surface area contributed by atoms with Crippen LogP contribution in [0, 0.1) is 11.8 Å². The van der Waals surface area contributed by atoms with Gasteiger partial charge in [0.25, 0.3) is 5.91 Å². The Morgan fingerprint density at radius 1 is 1.37 bits per heavy atom. The summed E-state index contributed by atoms with van der Waals surface area (Å²) in [6.07, 6.45) is 3.42. The van der Waals surface area contributed by atoms with Crippen molar-refractivity contribution in [1.82, 2.24) is 15.5 Å². The van der Waals surface area contributed by atoms with Crippen LogP contribution < -0.4 is 10.6 Å². The number of carbonyl (C=O) groups is 1. The first-order valence-electron chi connectivity index (χ1n) is 6.65. The molecule has 0 aliphatic heterocycles. The fourth-order valence-electron chi connectivity index (χ4n) is 2.53. The third-order valence-electron chi connectivity index (χ3n) is 3.72. The van der Waals surface area contributed by atoms with Crippen molar-refractivity contribution in [3.8, 4) is 0 Å². The lowest BCUT2D eigenvalue weighted by atomic mass is 9.97. The van der Waals surface area contributed by atoms with Gasteiger partial charge in [0.2, 0.25) is 0 Å². The highest BCUT2D eigenvalue weighted by atomic mass is 16.3. The van der Waals surface area contributed by atoms with E-state index in [9.17, 15) is 9.90 Å². The van der Waals surface area contributed by atoms with Crippen molar-refractivity contribution in [2.24, 2.45) is 11.8 Å². The number of rotatable bonds is 5. The molecule has 1 heterocycles. The summed E-state index contributed by atoms with van der Waals surface area (Å²) in [5, 5.41) is 22.8. The van der Waals surface area contributed by atoms with Gasteiger partial charge in [-0.25, -0.2) is 0 Å². The van der Waals surface area contributed by atoms with Crippen molar-refractivity contribution in [2.45, 2.75) is 19.3 Å². The molecule has 1 saturated carbocycles. The van der Waals surface area contributed by atoms with Gasteiger partial charge in [-0.3, -0.25) is 4.79 Å². The van der Waals surface area contributed by atoms with Crippen molar-refractivity contribution in [1.29, 1.82) is 0 Å². The molecular weight excluding hydrogens is 244 g/mol. The van der Waals surface area contributed by atoms with Gasteiger partial charge in [0.1, 0.15) is 5.82 Å². The molecule has 1 aliphatic carbocycles. The third kappa shape index (κ3) is 3.41. The molecule has 6 nitrogen and oxygen atoms in total. The minimum atomic E-state index is -0.241. The first-order valence-corrected chi connectivity index (χ1v) is 6.65. The fourth-order valence-corrected chi connectivity index (χ4v) is 2.53. The van der Waals surface area contributed by atoms with Gasteiger partial charge in [-0.15, -0.1) is 10.2 Å². The minimum Gasteiger partial charge on any atom is -0.396 e. The van der Waals surface area contributed by atoms with Crippen molar-refractivity contribution in [3.63, 3.8) is 0 Å². The fraction of sp³-hybridized carbons (Fsp3) is 0.615. The molecule has 19 heavy (non-hydrogen) atoms. The summed E-state index contributed by atoms with van der Waals surface area (Å²) in [4.78, 5) is 11.3. The van der Waals surface area contributed by atoms with Gasteiger partial charge in [0, 0.05) is 20.2 Å². The Hall–Kier alpha value is -1.69. The summed E-state index contributed by atoms with van der Waals surface area (Å²) in [6.45, 7) is 1.05. The number of carbonyl (C=O) groups excluding carboxylic acids is 1. The molecule has 0 spiro atoms. The maximum absolute atomic E-state index is 11.3. The first-order chi connectivity index (χ1) is 9.24. The molecule has 3 N–H and O–H groups in total. The molecule has 1 amide bonds. The van der Waals surface area contributed by atoms with Gasteiger partial charge in [-0.2, -0.15) is 0 Å². The van der Waals surface area contributed by atoms with Crippen LogP contribution in [0.4, 0.5) is 5.82 Å². The molecular formula is C13H20N4O2. The molecule has 0 aromatic carbocycles. The van der Waals surface area contributed by atoms with Crippen LogP contribution in [0.2, 0.25) is 0 Å². The summed E-state index contributed by atoms with van der Waals surface area (Å²) in [6, 6.07) is 3.40. The summed E-state index contributed by atoms with van der Waals surface area (Å²) in [5.74, 6) is 1.31. The van der Waals surface area contributed by atoms with E-state index in [2.05, 4.69) is 20.8 Å². The number of nitrogens with one attached hydrogen (secondary N) is 2. The van der Waals surface area contributed by atoms with E-state index in [4.69, 9.17) is 0 Å². The molecule has 2 rings (SSSR count). The van der Waals surface area contributed by atoms with Gasteiger partial charge in [0.05, 0.1) is 0 Å². The number of aliphatic hydroxyl groups is 1. The number of hydrogen-bond acceptors (Lipinski definition) is 5. The molecule has 0 saturated heterocycles. The lowest BCUT2D eigenvalue weighted by Crippen LogP contribution is -2.22. The van der Waals surface area contributed by atoms with Crippen molar-refractivity contribution < 1.29 is 9.90 Å². The highest BCUT2D eigenvalue weighted by Gasteiger charge is 2.26. The van der Waals surface area contributed by atoms with Crippen LogP contribution in [0.1, 0.15) is 29.8 Å². The number of aliphatic hydroxyl groups excluding tert-OH is 1. The normalized spacial score (nSPS) is 22.2. The van der Waals surface area contributed by atoms with E-state index in [1.165, 1.54) is 6.42 Å². The Morgan fingerprint density at radius 3 is 2.79 bits per heavy atom. The molecule has 104 valence electrons. The Morgan fingerprint density at radius 2 is 2.16 bits per heavy atom. The van der Waals surface area contributed by atoms with Crippen LogP contribution in [0.15, 0.2) is 12.1 Å². The topological polar surface area (TPSA) is 87.1 Å². The highest BCUT2D eigenvalue weighted by Crippen LogP contribution is 2.31. The summed E-state index contributed by atoms with van der Waals surface area (Å²) < 4.78 is 0. The van der Waals surface area contributed by atoms with Crippen molar-refractivity contribution >= 4 is 11.7 Å². The molecule has 1 fully saturated rings. The predicted octanol–water partition coefficient (Wildman–Crippen LogP) is 0.657. The molecule has 0 bridgehead atoms. The van der Waals surface area contributed by atoms with Gasteiger partial charge >= 0.3 is 0 Å². The monoisotopic (exact) mass is 264 g/mol. The van der Waals surface area contributed by atoms with E-state index in [0.717, 1.165) is 19.4 Å². The Bertz CT molecular complexity index is 421. The van der Waals surface area contributed by atoms with Gasteiger partial charge < -0.3 is 15.7 Å². The first kappa shape index (κ1) is 13.7. The maximum atomic E-state index is 11.3. The molecule has 6 heteroatoms. The lowest BCUT2D eigenvalue weighted by Gasteiger charge is -2.17. The zero-order valence-corrected chi connectivity index (χ0v) is 11.1. The van der Waals surface area contributed by atoms with E-state index >= 15 is 0 Å². The predicted molar refractivity (Wildman–Crippen MR) is 71.8 cm³/mol. The maximum Gasteiger partial charge on any atom is 0.271 e. The molecule has 0 radical (unpaired) electrons. The molecule has 2 unspecified atom stereocenters. The number of aromatic nitrogens is 2. The number of anilines is 1. The smallest absolute Gasteiger partial charge is 0.271 e.